The molecular weight excluding hydrogens is 384 g/mol. The second-order valence-electron chi connectivity index (χ2n) is 6.51. The van der Waals surface area contributed by atoms with Crippen LogP contribution < -0.4 is 0 Å². The lowest BCUT2D eigenvalue weighted by Gasteiger charge is -2.40. The van der Waals surface area contributed by atoms with Gasteiger partial charge in [-0.25, -0.2) is 8.42 Å². The summed E-state index contributed by atoms with van der Waals surface area (Å²) in [5, 5.41) is 0.536. The van der Waals surface area contributed by atoms with Crippen LogP contribution in [0.25, 0.3) is 11.1 Å². The van der Waals surface area contributed by atoms with Crippen LogP contribution in [-0.2, 0) is 14.8 Å². The van der Waals surface area contributed by atoms with Crippen molar-refractivity contribution in [3.8, 4) is 11.1 Å². The van der Waals surface area contributed by atoms with Gasteiger partial charge in [0.2, 0.25) is 15.9 Å². The van der Waals surface area contributed by atoms with Gasteiger partial charge in [-0.1, -0.05) is 48.5 Å². The molecule has 0 saturated carbocycles. The zero-order valence-electron chi connectivity index (χ0n) is 15.0. The van der Waals surface area contributed by atoms with Gasteiger partial charge in [-0.3, -0.25) is 4.79 Å². The predicted molar refractivity (Wildman–Crippen MR) is 108 cm³/mol. The highest BCUT2D eigenvalue weighted by Gasteiger charge is 2.34. The van der Waals surface area contributed by atoms with Gasteiger partial charge in [-0.05, 0) is 41.0 Å². The molecule has 2 aromatic rings. The summed E-state index contributed by atoms with van der Waals surface area (Å²) in [6.45, 7) is 4.32. The smallest absolute Gasteiger partial charge is 0.246 e. The molecule has 0 bridgehead atoms. The Balaban J connectivity index is 2.05. The van der Waals surface area contributed by atoms with E-state index >= 15 is 0 Å². The van der Waals surface area contributed by atoms with E-state index in [-0.39, 0.29) is 19.0 Å². The molecule has 3 rings (SSSR count). The van der Waals surface area contributed by atoms with Gasteiger partial charge >= 0.3 is 0 Å². The number of amides is 1. The molecule has 0 unspecified atom stereocenters. The Labute approximate surface area is 164 Å². The Morgan fingerprint density at radius 1 is 1.15 bits per heavy atom. The number of benzene rings is 2. The van der Waals surface area contributed by atoms with Gasteiger partial charge in [-0.15, -0.1) is 0 Å². The Bertz CT molecular complexity index is 960. The third kappa shape index (κ3) is 4.40. The SMILES string of the molecule is C=CC(=O)N1CCN(S(C)(=O)=O)C[C@H]1c1cc(Cl)cc(-c2ccccc2)c1. The first-order valence-electron chi connectivity index (χ1n) is 8.53. The van der Waals surface area contributed by atoms with Gasteiger partial charge in [0, 0.05) is 24.7 Å². The van der Waals surface area contributed by atoms with Crippen LogP contribution in [0.4, 0.5) is 0 Å². The van der Waals surface area contributed by atoms with Crippen molar-refractivity contribution in [2.75, 3.05) is 25.9 Å². The molecule has 7 heteroatoms. The molecule has 1 aliphatic heterocycles. The number of hydrogen-bond acceptors (Lipinski definition) is 3. The number of rotatable bonds is 4. The molecule has 0 N–H and O–H groups in total. The standard InChI is InChI=1S/C20H21ClN2O3S/c1-3-20(24)23-10-9-22(27(2,25)26)14-19(23)17-11-16(12-18(21)13-17)15-7-5-4-6-8-15/h3-8,11-13,19H,1,9-10,14H2,2H3/t19-/m0/s1. The van der Waals surface area contributed by atoms with E-state index in [0.717, 1.165) is 16.7 Å². The van der Waals surface area contributed by atoms with Gasteiger partial charge < -0.3 is 4.90 Å². The molecule has 1 heterocycles. The van der Waals surface area contributed by atoms with Gasteiger partial charge in [0.25, 0.3) is 0 Å². The van der Waals surface area contributed by atoms with Crippen molar-refractivity contribution in [3.05, 3.63) is 71.8 Å². The minimum absolute atomic E-state index is 0.187. The zero-order valence-corrected chi connectivity index (χ0v) is 16.6. The lowest BCUT2D eigenvalue weighted by atomic mass is 9.97. The largest absolute Gasteiger partial charge is 0.329 e. The zero-order chi connectivity index (χ0) is 19.6. The van der Waals surface area contributed by atoms with E-state index in [9.17, 15) is 13.2 Å². The molecule has 1 saturated heterocycles. The lowest BCUT2D eigenvalue weighted by Crippen LogP contribution is -2.51. The van der Waals surface area contributed by atoms with E-state index in [1.54, 1.807) is 11.0 Å². The van der Waals surface area contributed by atoms with Crippen molar-refractivity contribution in [1.82, 2.24) is 9.21 Å². The third-order valence-corrected chi connectivity index (χ3v) is 6.17. The van der Waals surface area contributed by atoms with E-state index in [2.05, 4.69) is 6.58 Å². The molecule has 5 nitrogen and oxygen atoms in total. The summed E-state index contributed by atoms with van der Waals surface area (Å²) in [5.41, 5.74) is 2.71. The van der Waals surface area contributed by atoms with Crippen LogP contribution in [0.15, 0.2) is 61.2 Å². The quantitative estimate of drug-likeness (QED) is 0.734. The van der Waals surface area contributed by atoms with Gasteiger partial charge in [0.05, 0.1) is 12.3 Å². The van der Waals surface area contributed by atoms with Crippen molar-refractivity contribution in [2.24, 2.45) is 0 Å². The summed E-state index contributed by atoms with van der Waals surface area (Å²) in [6.07, 6.45) is 2.44. The highest BCUT2D eigenvalue weighted by molar-refractivity contribution is 7.88. The fraction of sp³-hybridized carbons (Fsp3) is 0.250. The molecular formula is C20H21ClN2O3S. The molecule has 1 amide bonds. The first kappa shape index (κ1) is 19.6. The fourth-order valence-electron chi connectivity index (χ4n) is 3.33. The van der Waals surface area contributed by atoms with Gasteiger partial charge in [0.15, 0.2) is 0 Å². The molecule has 142 valence electrons. The predicted octanol–water partition coefficient (Wildman–Crippen LogP) is 3.34. The number of hydrogen-bond donors (Lipinski definition) is 0. The second kappa shape index (κ2) is 7.84. The monoisotopic (exact) mass is 404 g/mol. The minimum atomic E-state index is -3.36. The van der Waals surface area contributed by atoms with Gasteiger partial charge in [0.1, 0.15) is 0 Å². The van der Waals surface area contributed by atoms with Gasteiger partial charge in [-0.2, -0.15) is 4.31 Å². The molecule has 1 fully saturated rings. The maximum Gasteiger partial charge on any atom is 0.246 e. The molecule has 2 aromatic carbocycles. The number of nitrogens with zero attached hydrogens (tertiary/aromatic N) is 2. The van der Waals surface area contributed by atoms with E-state index in [4.69, 9.17) is 11.6 Å². The summed E-state index contributed by atoms with van der Waals surface area (Å²) >= 11 is 6.35. The number of halogens is 1. The van der Waals surface area contributed by atoms with Crippen molar-refractivity contribution < 1.29 is 13.2 Å². The number of piperazine rings is 1. The average Bonchev–Trinajstić information content (AvgIpc) is 2.66. The minimum Gasteiger partial charge on any atom is -0.329 e. The number of carbonyl (C=O) groups excluding carboxylic acids is 1. The van der Waals surface area contributed by atoms with E-state index in [0.29, 0.717) is 11.6 Å². The van der Waals surface area contributed by atoms with Crippen LogP contribution in [0.2, 0.25) is 5.02 Å². The Hall–Kier alpha value is -2.15. The van der Waals surface area contributed by atoms with E-state index in [1.807, 2.05) is 42.5 Å². The second-order valence-corrected chi connectivity index (χ2v) is 8.93. The summed E-state index contributed by atoms with van der Waals surface area (Å²) in [4.78, 5) is 14.0. The summed E-state index contributed by atoms with van der Waals surface area (Å²) < 4.78 is 25.5. The Morgan fingerprint density at radius 3 is 2.48 bits per heavy atom. The topological polar surface area (TPSA) is 57.7 Å². The molecule has 0 spiro atoms. The van der Waals surface area contributed by atoms with Crippen molar-refractivity contribution in [2.45, 2.75) is 6.04 Å². The maximum atomic E-state index is 12.4. The van der Waals surface area contributed by atoms with Crippen LogP contribution in [-0.4, -0.2) is 49.4 Å². The summed E-state index contributed by atoms with van der Waals surface area (Å²) in [7, 11) is -3.36. The Morgan fingerprint density at radius 2 is 1.85 bits per heavy atom. The average molecular weight is 405 g/mol. The molecule has 0 radical (unpaired) electrons. The van der Waals surface area contributed by atoms with Crippen LogP contribution >= 0.6 is 11.6 Å². The molecule has 0 aromatic heterocycles. The molecule has 1 atom stereocenters. The highest BCUT2D eigenvalue weighted by Crippen LogP contribution is 2.32. The number of carbonyl (C=O) groups is 1. The van der Waals surface area contributed by atoms with Crippen molar-refractivity contribution >= 4 is 27.5 Å². The number of sulfonamides is 1. The lowest BCUT2D eigenvalue weighted by molar-refractivity contribution is -0.130. The van der Waals surface area contributed by atoms with Crippen LogP contribution in [0, 0.1) is 0 Å². The van der Waals surface area contributed by atoms with Crippen molar-refractivity contribution in [1.29, 1.82) is 0 Å². The van der Waals surface area contributed by atoms with Crippen LogP contribution in [0.1, 0.15) is 11.6 Å². The molecule has 27 heavy (non-hydrogen) atoms. The first-order valence-corrected chi connectivity index (χ1v) is 10.8. The summed E-state index contributed by atoms with van der Waals surface area (Å²) in [5.74, 6) is -0.227. The van der Waals surface area contributed by atoms with E-state index in [1.165, 1.54) is 16.6 Å². The van der Waals surface area contributed by atoms with E-state index < -0.39 is 16.1 Å². The fourth-order valence-corrected chi connectivity index (χ4v) is 4.40. The molecule has 1 aliphatic rings. The van der Waals surface area contributed by atoms with Crippen molar-refractivity contribution in [3.63, 3.8) is 0 Å². The third-order valence-electron chi connectivity index (χ3n) is 4.68. The Kier molecular flexibility index (Phi) is 5.69. The normalized spacial score (nSPS) is 18.3. The van der Waals surface area contributed by atoms with Crippen LogP contribution in [0.5, 0.6) is 0 Å². The first-order chi connectivity index (χ1) is 12.8. The van der Waals surface area contributed by atoms with Crippen LogP contribution in [0.3, 0.4) is 0 Å². The molecule has 0 aliphatic carbocycles. The maximum absolute atomic E-state index is 12.4. The summed E-state index contributed by atoms with van der Waals surface area (Å²) in [6, 6.07) is 14.9. The highest BCUT2D eigenvalue weighted by atomic mass is 35.5.